The van der Waals surface area contributed by atoms with Gasteiger partial charge in [0, 0.05) is 31.7 Å². The molecule has 0 saturated carbocycles. The summed E-state index contributed by atoms with van der Waals surface area (Å²) in [6.07, 6.45) is -0.654. The average molecular weight is 396 g/mol. The number of nitriles is 1. The lowest BCUT2D eigenvalue weighted by molar-refractivity contribution is -0.0906. The zero-order chi connectivity index (χ0) is 19.8. The van der Waals surface area contributed by atoms with Crippen molar-refractivity contribution in [1.29, 1.82) is 5.26 Å². The Morgan fingerprint density at radius 3 is 2.78 bits per heavy atom. The summed E-state index contributed by atoms with van der Waals surface area (Å²) in [6.45, 7) is 8.31. The maximum Gasteiger partial charge on any atom is 0.410 e. The van der Waals surface area contributed by atoms with Crippen molar-refractivity contribution in [3.8, 4) is 6.07 Å². The van der Waals surface area contributed by atoms with Crippen molar-refractivity contribution < 1.29 is 18.7 Å². The Balaban J connectivity index is 1.67. The SMILES string of the molecule is CC(C)(C)OC(=O)N1CCN2C[C@H](c3ccc(F)c(C#N)c3Cl)OCC2C1. The summed E-state index contributed by atoms with van der Waals surface area (Å²) in [5, 5.41) is 9.20. The van der Waals surface area contributed by atoms with E-state index in [0.717, 1.165) is 0 Å². The van der Waals surface area contributed by atoms with Crippen molar-refractivity contribution in [3.05, 3.63) is 34.1 Å². The zero-order valence-corrected chi connectivity index (χ0v) is 16.4. The number of amides is 1. The highest BCUT2D eigenvalue weighted by atomic mass is 35.5. The van der Waals surface area contributed by atoms with Gasteiger partial charge in [-0.3, -0.25) is 4.90 Å². The molecule has 2 heterocycles. The molecule has 0 N–H and O–H groups in total. The van der Waals surface area contributed by atoms with Crippen LogP contribution >= 0.6 is 11.6 Å². The van der Waals surface area contributed by atoms with Crippen LogP contribution in [0.4, 0.5) is 9.18 Å². The van der Waals surface area contributed by atoms with Gasteiger partial charge in [-0.15, -0.1) is 0 Å². The van der Waals surface area contributed by atoms with Crippen LogP contribution in [-0.2, 0) is 9.47 Å². The first-order valence-corrected chi connectivity index (χ1v) is 9.29. The normalized spacial score (nSPS) is 23.5. The second-order valence-electron chi connectivity index (χ2n) is 7.83. The molecule has 8 heteroatoms. The first kappa shape index (κ1) is 19.9. The standard InChI is InChI=1S/C19H23ClFN3O3/c1-19(2,3)27-18(25)24-7-6-23-10-16(26-11-12(23)9-24)13-4-5-15(21)14(8-22)17(13)20/h4-5,12,16H,6-7,9-11H2,1-3H3/t12?,16-/m1/s1. The summed E-state index contributed by atoms with van der Waals surface area (Å²) in [5.41, 5.74) is -0.0718. The number of morpholine rings is 1. The van der Waals surface area contributed by atoms with Crippen LogP contribution < -0.4 is 0 Å². The van der Waals surface area contributed by atoms with Crippen LogP contribution in [0.15, 0.2) is 12.1 Å². The number of carbonyl (C=O) groups is 1. The second kappa shape index (κ2) is 7.63. The summed E-state index contributed by atoms with van der Waals surface area (Å²) >= 11 is 6.22. The van der Waals surface area contributed by atoms with Gasteiger partial charge in [-0.2, -0.15) is 5.26 Å². The van der Waals surface area contributed by atoms with Gasteiger partial charge in [-0.05, 0) is 26.8 Å². The first-order valence-electron chi connectivity index (χ1n) is 8.91. The van der Waals surface area contributed by atoms with Gasteiger partial charge in [-0.1, -0.05) is 17.7 Å². The third-order valence-corrected chi connectivity index (χ3v) is 5.13. The molecule has 0 spiro atoms. The second-order valence-corrected chi connectivity index (χ2v) is 8.21. The number of fused-ring (bicyclic) bond motifs is 1. The minimum Gasteiger partial charge on any atom is -0.444 e. The fourth-order valence-electron chi connectivity index (χ4n) is 3.38. The van der Waals surface area contributed by atoms with Crippen LogP contribution in [0.5, 0.6) is 0 Å². The monoisotopic (exact) mass is 395 g/mol. The lowest BCUT2D eigenvalue weighted by Crippen LogP contribution is -2.60. The third-order valence-electron chi connectivity index (χ3n) is 4.73. The van der Waals surface area contributed by atoms with Crippen molar-refractivity contribution in [3.63, 3.8) is 0 Å². The molecule has 2 saturated heterocycles. The molecule has 0 radical (unpaired) electrons. The minimum absolute atomic E-state index is 0.0668. The largest absolute Gasteiger partial charge is 0.444 e. The zero-order valence-electron chi connectivity index (χ0n) is 15.7. The van der Waals surface area contributed by atoms with Crippen LogP contribution in [0, 0.1) is 17.1 Å². The third kappa shape index (κ3) is 4.34. The molecule has 27 heavy (non-hydrogen) atoms. The van der Waals surface area contributed by atoms with Gasteiger partial charge in [0.15, 0.2) is 0 Å². The van der Waals surface area contributed by atoms with E-state index in [2.05, 4.69) is 4.90 Å². The van der Waals surface area contributed by atoms with E-state index in [4.69, 9.17) is 26.3 Å². The van der Waals surface area contributed by atoms with Gasteiger partial charge in [0.2, 0.25) is 0 Å². The number of ether oxygens (including phenoxy) is 2. The molecule has 1 unspecified atom stereocenters. The van der Waals surface area contributed by atoms with E-state index in [1.165, 1.54) is 6.07 Å². The molecule has 0 aliphatic carbocycles. The van der Waals surface area contributed by atoms with Crippen LogP contribution in [0.2, 0.25) is 5.02 Å². The summed E-state index contributed by atoms with van der Waals surface area (Å²) in [7, 11) is 0. The van der Waals surface area contributed by atoms with Crippen molar-refractivity contribution in [2.24, 2.45) is 0 Å². The molecular weight excluding hydrogens is 373 g/mol. The molecule has 3 rings (SSSR count). The van der Waals surface area contributed by atoms with Gasteiger partial charge < -0.3 is 14.4 Å². The number of halogens is 2. The van der Waals surface area contributed by atoms with E-state index >= 15 is 0 Å². The van der Waals surface area contributed by atoms with Gasteiger partial charge in [0.05, 0.1) is 23.8 Å². The van der Waals surface area contributed by atoms with E-state index in [9.17, 15) is 9.18 Å². The molecule has 1 amide bonds. The van der Waals surface area contributed by atoms with Crippen molar-refractivity contribution >= 4 is 17.7 Å². The molecular formula is C19H23ClFN3O3. The lowest BCUT2D eigenvalue weighted by Gasteiger charge is -2.46. The Morgan fingerprint density at radius 1 is 1.37 bits per heavy atom. The summed E-state index contributed by atoms with van der Waals surface area (Å²) in [5.74, 6) is -0.633. The molecule has 0 bridgehead atoms. The summed E-state index contributed by atoms with van der Waals surface area (Å²) < 4.78 is 25.1. The predicted molar refractivity (Wildman–Crippen MR) is 98.0 cm³/mol. The van der Waals surface area contributed by atoms with Gasteiger partial charge in [-0.25, -0.2) is 9.18 Å². The summed E-state index contributed by atoms with van der Waals surface area (Å²) in [4.78, 5) is 16.2. The maximum atomic E-state index is 13.7. The number of rotatable bonds is 1. The Hall–Kier alpha value is -1.88. The number of nitrogens with zero attached hydrogens (tertiary/aromatic N) is 3. The Morgan fingerprint density at radius 2 is 2.11 bits per heavy atom. The van der Waals surface area contributed by atoms with Crippen molar-refractivity contribution in [2.45, 2.75) is 38.5 Å². The number of piperazine rings is 1. The van der Waals surface area contributed by atoms with E-state index in [0.29, 0.717) is 38.3 Å². The number of carbonyl (C=O) groups excluding carboxylic acids is 1. The average Bonchev–Trinajstić information content (AvgIpc) is 2.60. The number of hydrogen-bond acceptors (Lipinski definition) is 5. The Labute approximate surface area is 163 Å². The van der Waals surface area contributed by atoms with Crippen LogP contribution in [0.1, 0.15) is 38.0 Å². The smallest absolute Gasteiger partial charge is 0.410 e. The fraction of sp³-hybridized carbons (Fsp3) is 0.579. The van der Waals surface area contributed by atoms with Crippen LogP contribution in [0.25, 0.3) is 0 Å². The highest BCUT2D eigenvalue weighted by Crippen LogP contribution is 2.34. The van der Waals surface area contributed by atoms with Crippen LogP contribution in [0.3, 0.4) is 0 Å². The van der Waals surface area contributed by atoms with Gasteiger partial charge in [0.25, 0.3) is 0 Å². The topological polar surface area (TPSA) is 65.8 Å². The summed E-state index contributed by atoms with van der Waals surface area (Å²) in [6, 6.07) is 4.68. The van der Waals surface area contributed by atoms with E-state index in [1.807, 2.05) is 20.8 Å². The number of benzene rings is 1. The van der Waals surface area contributed by atoms with E-state index < -0.39 is 11.4 Å². The van der Waals surface area contributed by atoms with Gasteiger partial charge in [0.1, 0.15) is 23.1 Å². The molecule has 146 valence electrons. The number of hydrogen-bond donors (Lipinski definition) is 0. The first-order chi connectivity index (χ1) is 12.7. The molecule has 1 aromatic carbocycles. The predicted octanol–water partition coefficient (Wildman–Crippen LogP) is 3.34. The van der Waals surface area contributed by atoms with Gasteiger partial charge >= 0.3 is 6.09 Å². The molecule has 0 aromatic heterocycles. The molecule has 6 nitrogen and oxygen atoms in total. The van der Waals surface area contributed by atoms with Crippen molar-refractivity contribution in [2.75, 3.05) is 32.8 Å². The Kier molecular flexibility index (Phi) is 5.61. The van der Waals surface area contributed by atoms with E-state index in [-0.39, 0.29) is 28.8 Å². The highest BCUT2D eigenvalue weighted by Gasteiger charge is 2.37. The lowest BCUT2D eigenvalue weighted by atomic mass is 10.0. The maximum absolute atomic E-state index is 13.7. The van der Waals surface area contributed by atoms with Crippen LogP contribution in [-0.4, -0.2) is 60.3 Å². The highest BCUT2D eigenvalue weighted by molar-refractivity contribution is 6.32. The molecule has 1 aromatic rings. The quantitative estimate of drug-likeness (QED) is 0.729. The molecule has 2 aliphatic rings. The Bertz CT molecular complexity index is 775. The van der Waals surface area contributed by atoms with E-state index in [1.54, 1.807) is 17.0 Å². The van der Waals surface area contributed by atoms with Crippen molar-refractivity contribution in [1.82, 2.24) is 9.80 Å². The molecule has 2 aliphatic heterocycles. The molecule has 2 fully saturated rings. The fourth-order valence-corrected chi connectivity index (χ4v) is 3.70. The molecule has 2 atom stereocenters. The minimum atomic E-state index is -0.633.